The van der Waals surface area contributed by atoms with Crippen LogP contribution in [0.15, 0.2) is 12.8 Å². The lowest BCUT2D eigenvalue weighted by Gasteiger charge is -2.01. The van der Waals surface area contributed by atoms with Gasteiger partial charge < -0.3 is 4.74 Å². The molecule has 0 aliphatic carbocycles. The first-order valence-corrected chi connectivity index (χ1v) is 4.46. The van der Waals surface area contributed by atoms with Crippen molar-refractivity contribution in [3.63, 3.8) is 0 Å². The molecule has 0 saturated heterocycles. The van der Waals surface area contributed by atoms with Crippen molar-refractivity contribution in [3.8, 4) is 0 Å². The van der Waals surface area contributed by atoms with Crippen molar-refractivity contribution < 1.29 is 13.2 Å². The summed E-state index contributed by atoms with van der Waals surface area (Å²) in [6.45, 7) is 5.32. The number of sulfonamides is 1. The Kier molecular flexibility index (Phi) is 4.06. The van der Waals surface area contributed by atoms with Gasteiger partial charge in [-0.25, -0.2) is 8.42 Å². The highest BCUT2D eigenvalue weighted by molar-refractivity contribution is 7.89. The van der Waals surface area contributed by atoms with Crippen molar-refractivity contribution in [2.45, 2.75) is 6.92 Å². The Labute approximate surface area is 60.9 Å². The molecule has 0 atom stereocenters. The zero-order valence-electron chi connectivity index (χ0n) is 5.83. The molecule has 0 aliphatic rings. The second-order valence-electron chi connectivity index (χ2n) is 1.55. The Morgan fingerprint density at radius 1 is 1.70 bits per heavy atom. The van der Waals surface area contributed by atoms with Gasteiger partial charge in [0.25, 0.3) is 10.0 Å². The fraction of sp³-hybridized carbons (Fsp3) is 0.600. The largest absolute Gasteiger partial charge is 0.364 e. The quantitative estimate of drug-likeness (QED) is 0.626. The van der Waals surface area contributed by atoms with Crippen LogP contribution in [0.25, 0.3) is 0 Å². The van der Waals surface area contributed by atoms with Crippen molar-refractivity contribution in [1.29, 1.82) is 0 Å². The third-order valence-corrected chi connectivity index (χ3v) is 1.71. The lowest BCUT2D eigenvalue weighted by atomic mass is 10.9. The van der Waals surface area contributed by atoms with Crippen LogP contribution in [-0.2, 0) is 14.8 Å². The molecule has 10 heavy (non-hydrogen) atoms. The Balaban J connectivity index is 3.76. The number of rotatable bonds is 5. The average Bonchev–Trinajstić information content (AvgIpc) is 1.84. The summed E-state index contributed by atoms with van der Waals surface area (Å²) in [6.07, 6.45) is 1.11. The van der Waals surface area contributed by atoms with Crippen molar-refractivity contribution >= 4 is 10.0 Å². The van der Waals surface area contributed by atoms with E-state index in [1.165, 1.54) is 0 Å². The second kappa shape index (κ2) is 4.29. The molecule has 0 aromatic rings. The molecule has 4 nitrogen and oxygen atoms in total. The maximum absolute atomic E-state index is 10.7. The van der Waals surface area contributed by atoms with Gasteiger partial charge >= 0.3 is 0 Å². The SMILES string of the molecule is C=CNS(=O)(=O)COCC. The number of hydrogen-bond donors (Lipinski definition) is 1. The minimum atomic E-state index is -3.28. The Hall–Kier alpha value is -0.550. The van der Waals surface area contributed by atoms with E-state index < -0.39 is 10.0 Å². The molecule has 0 unspecified atom stereocenters. The summed E-state index contributed by atoms with van der Waals surface area (Å²) >= 11 is 0. The summed E-state index contributed by atoms with van der Waals surface area (Å²) in [7, 11) is -3.28. The number of hydrogen-bond acceptors (Lipinski definition) is 3. The average molecular weight is 165 g/mol. The zero-order chi connectivity index (χ0) is 8.04. The minimum Gasteiger partial charge on any atom is -0.364 e. The highest BCUT2D eigenvalue weighted by Crippen LogP contribution is 1.84. The van der Waals surface area contributed by atoms with E-state index in [0.717, 1.165) is 6.20 Å². The molecule has 0 spiro atoms. The summed E-state index contributed by atoms with van der Waals surface area (Å²) in [5.74, 6) is -0.310. The van der Waals surface area contributed by atoms with Gasteiger partial charge in [0.2, 0.25) is 0 Å². The summed E-state index contributed by atoms with van der Waals surface area (Å²) < 4.78 is 28.1. The molecular weight excluding hydrogens is 154 g/mol. The topological polar surface area (TPSA) is 55.4 Å². The van der Waals surface area contributed by atoms with Crippen molar-refractivity contribution in [2.24, 2.45) is 0 Å². The van der Waals surface area contributed by atoms with Crippen LogP contribution >= 0.6 is 0 Å². The van der Waals surface area contributed by atoms with Crippen molar-refractivity contribution in [2.75, 3.05) is 12.5 Å². The van der Waals surface area contributed by atoms with Gasteiger partial charge in [-0.2, -0.15) is 0 Å². The predicted molar refractivity (Wildman–Crippen MR) is 38.7 cm³/mol. The molecule has 0 bridgehead atoms. The smallest absolute Gasteiger partial charge is 0.256 e. The van der Waals surface area contributed by atoms with Crippen LogP contribution in [0.5, 0.6) is 0 Å². The fourth-order valence-electron chi connectivity index (χ4n) is 0.354. The maximum atomic E-state index is 10.7. The van der Waals surface area contributed by atoms with E-state index in [9.17, 15) is 8.42 Å². The number of nitrogens with one attached hydrogen (secondary N) is 1. The first kappa shape index (κ1) is 9.45. The molecule has 0 aromatic carbocycles. The highest BCUT2D eigenvalue weighted by Gasteiger charge is 2.04. The fourth-order valence-corrected chi connectivity index (χ4v) is 1.06. The molecule has 60 valence electrons. The predicted octanol–water partition coefficient (Wildman–Crippen LogP) is 0.0433. The summed E-state index contributed by atoms with van der Waals surface area (Å²) in [4.78, 5) is 0. The van der Waals surface area contributed by atoms with Gasteiger partial charge in [-0.05, 0) is 6.92 Å². The van der Waals surface area contributed by atoms with Gasteiger partial charge in [0.1, 0.15) is 0 Å². The van der Waals surface area contributed by atoms with Gasteiger partial charge in [0, 0.05) is 12.8 Å². The lowest BCUT2D eigenvalue weighted by molar-refractivity contribution is 0.191. The molecule has 0 aromatic heterocycles. The van der Waals surface area contributed by atoms with Crippen LogP contribution in [0.4, 0.5) is 0 Å². The standard InChI is InChI=1S/C5H11NO3S/c1-3-6-10(7,8)5-9-4-2/h3,6H,1,4-5H2,2H3. The van der Waals surface area contributed by atoms with E-state index >= 15 is 0 Å². The summed E-state index contributed by atoms with van der Waals surface area (Å²) in [5.41, 5.74) is 0. The van der Waals surface area contributed by atoms with Gasteiger partial charge in [-0.3, -0.25) is 4.72 Å². The van der Waals surface area contributed by atoms with E-state index in [1.807, 2.05) is 0 Å². The maximum Gasteiger partial charge on any atom is 0.256 e. The normalized spacial score (nSPS) is 10.9. The van der Waals surface area contributed by atoms with E-state index in [0.29, 0.717) is 6.61 Å². The van der Waals surface area contributed by atoms with E-state index in [1.54, 1.807) is 6.92 Å². The first-order valence-electron chi connectivity index (χ1n) is 2.81. The van der Waals surface area contributed by atoms with E-state index in [4.69, 9.17) is 0 Å². The van der Waals surface area contributed by atoms with Gasteiger partial charge in [0.15, 0.2) is 5.94 Å². The third kappa shape index (κ3) is 4.34. The molecule has 0 radical (unpaired) electrons. The van der Waals surface area contributed by atoms with E-state index in [-0.39, 0.29) is 5.94 Å². The summed E-state index contributed by atoms with van der Waals surface area (Å²) in [6, 6.07) is 0. The minimum absolute atomic E-state index is 0.310. The van der Waals surface area contributed by atoms with Crippen LogP contribution < -0.4 is 4.72 Å². The van der Waals surface area contributed by atoms with Gasteiger partial charge in [-0.15, -0.1) is 0 Å². The molecule has 5 heteroatoms. The summed E-state index contributed by atoms with van der Waals surface area (Å²) in [5, 5.41) is 0. The molecular formula is C5H11NO3S. The zero-order valence-corrected chi connectivity index (χ0v) is 6.65. The van der Waals surface area contributed by atoms with Crippen molar-refractivity contribution in [1.82, 2.24) is 4.72 Å². The highest BCUT2D eigenvalue weighted by atomic mass is 32.2. The van der Waals surface area contributed by atoms with Crippen LogP contribution in [0.3, 0.4) is 0 Å². The molecule has 0 aliphatic heterocycles. The third-order valence-electron chi connectivity index (χ3n) is 0.705. The van der Waals surface area contributed by atoms with Crippen LogP contribution in [-0.4, -0.2) is 21.0 Å². The Morgan fingerprint density at radius 2 is 2.30 bits per heavy atom. The molecule has 0 saturated carbocycles. The Bertz CT molecular complexity index is 185. The molecule has 0 rings (SSSR count). The van der Waals surface area contributed by atoms with Gasteiger partial charge in [0.05, 0.1) is 0 Å². The monoisotopic (exact) mass is 165 g/mol. The van der Waals surface area contributed by atoms with Crippen molar-refractivity contribution in [3.05, 3.63) is 12.8 Å². The molecule has 0 heterocycles. The van der Waals surface area contributed by atoms with Gasteiger partial charge in [-0.1, -0.05) is 6.58 Å². The second-order valence-corrected chi connectivity index (χ2v) is 3.25. The first-order chi connectivity index (χ1) is 4.62. The lowest BCUT2D eigenvalue weighted by Crippen LogP contribution is -2.22. The number of ether oxygens (including phenoxy) is 1. The Morgan fingerprint density at radius 3 is 2.70 bits per heavy atom. The van der Waals surface area contributed by atoms with E-state index in [2.05, 4.69) is 16.0 Å². The molecule has 0 fully saturated rings. The van der Waals surface area contributed by atoms with Crippen LogP contribution in [0.2, 0.25) is 0 Å². The van der Waals surface area contributed by atoms with Crippen LogP contribution in [0.1, 0.15) is 6.92 Å². The van der Waals surface area contributed by atoms with Crippen LogP contribution in [0, 0.1) is 0 Å². The molecule has 0 amide bonds. The molecule has 1 N–H and O–H groups in total.